The second-order valence-corrected chi connectivity index (χ2v) is 6.82. The smallest absolute Gasteiger partial charge is 0.311 e. The van der Waals surface area contributed by atoms with Crippen molar-refractivity contribution in [1.29, 1.82) is 0 Å². The fraction of sp³-hybridized carbons (Fsp3) is 0.375. The van der Waals surface area contributed by atoms with Crippen molar-refractivity contribution in [3.8, 4) is 0 Å². The maximum atomic E-state index is 12.3. The highest BCUT2D eigenvalue weighted by Gasteiger charge is 2.41. The first-order valence-electron chi connectivity index (χ1n) is 7.66. The number of carbonyl (C=O) groups excluding carboxylic acids is 1. The predicted molar refractivity (Wildman–Crippen MR) is 91.1 cm³/mol. The predicted octanol–water partition coefficient (Wildman–Crippen LogP) is 1.82. The summed E-state index contributed by atoms with van der Waals surface area (Å²) >= 11 is 1.62. The number of methoxy groups -OCH3 is 1. The van der Waals surface area contributed by atoms with E-state index in [4.69, 9.17) is 4.74 Å². The van der Waals surface area contributed by atoms with E-state index in [1.165, 1.54) is 7.11 Å². The minimum atomic E-state index is -0.240. The lowest BCUT2D eigenvalue weighted by molar-refractivity contribution is -0.145. The molecule has 0 unspecified atom stereocenters. The number of anilines is 1. The topological polar surface area (TPSA) is 73.1 Å². The van der Waals surface area contributed by atoms with E-state index in [-0.39, 0.29) is 17.8 Å². The van der Waals surface area contributed by atoms with Crippen LogP contribution in [0.2, 0.25) is 0 Å². The summed E-state index contributed by atoms with van der Waals surface area (Å²) in [5.74, 6) is 0.471. The molecule has 0 saturated carbocycles. The number of esters is 1. The van der Waals surface area contributed by atoms with Gasteiger partial charge in [0.2, 0.25) is 0 Å². The third kappa shape index (κ3) is 2.34. The first kappa shape index (κ1) is 15.1. The molecule has 0 radical (unpaired) electrons. The normalized spacial score (nSPS) is 20.7. The number of carbonyl (C=O) groups is 1. The Morgan fingerprint density at radius 3 is 3.00 bits per heavy atom. The molecule has 1 saturated heterocycles. The van der Waals surface area contributed by atoms with Crippen LogP contribution in [0.5, 0.6) is 0 Å². The summed E-state index contributed by atoms with van der Waals surface area (Å²) in [5.41, 5.74) is 1.97. The monoisotopic (exact) mass is 343 g/mol. The Morgan fingerprint density at radius 1 is 1.38 bits per heavy atom. The molecule has 8 heteroatoms. The van der Waals surface area contributed by atoms with Crippen molar-refractivity contribution < 1.29 is 9.53 Å². The van der Waals surface area contributed by atoms with E-state index >= 15 is 0 Å². The van der Waals surface area contributed by atoms with Gasteiger partial charge >= 0.3 is 5.97 Å². The number of aromatic nitrogens is 4. The fourth-order valence-electron chi connectivity index (χ4n) is 3.39. The van der Waals surface area contributed by atoms with Crippen LogP contribution in [0.1, 0.15) is 11.6 Å². The minimum absolute atomic E-state index is 0.0231. The summed E-state index contributed by atoms with van der Waals surface area (Å²) in [6, 6.07) is 1.98. The zero-order chi connectivity index (χ0) is 16.7. The van der Waals surface area contributed by atoms with Gasteiger partial charge in [0.15, 0.2) is 0 Å². The molecule has 124 valence electrons. The van der Waals surface area contributed by atoms with Gasteiger partial charge in [0, 0.05) is 37.9 Å². The highest BCUT2D eigenvalue weighted by molar-refractivity contribution is 7.17. The van der Waals surface area contributed by atoms with Crippen LogP contribution < -0.4 is 4.90 Å². The molecule has 1 fully saturated rings. The Labute approximate surface area is 142 Å². The molecule has 0 bridgehead atoms. The van der Waals surface area contributed by atoms with Crippen molar-refractivity contribution in [1.82, 2.24) is 19.5 Å². The molecule has 3 aromatic rings. The molecule has 4 rings (SSSR count). The first-order valence-corrected chi connectivity index (χ1v) is 8.54. The Kier molecular flexibility index (Phi) is 3.68. The van der Waals surface area contributed by atoms with Gasteiger partial charge in [-0.25, -0.2) is 15.0 Å². The molecule has 0 aromatic carbocycles. The molecule has 7 nitrogen and oxygen atoms in total. The van der Waals surface area contributed by atoms with Crippen LogP contribution in [0.4, 0.5) is 5.82 Å². The lowest BCUT2D eigenvalue weighted by atomic mass is 9.93. The molecule has 24 heavy (non-hydrogen) atoms. The molecule has 1 aliphatic rings. The van der Waals surface area contributed by atoms with E-state index < -0.39 is 0 Å². The van der Waals surface area contributed by atoms with Crippen LogP contribution in [0, 0.1) is 5.92 Å². The summed E-state index contributed by atoms with van der Waals surface area (Å²) < 4.78 is 8.04. The van der Waals surface area contributed by atoms with Crippen molar-refractivity contribution >= 4 is 33.3 Å². The number of fused-ring (bicyclic) bond motifs is 1. The molecule has 4 heterocycles. The number of hydrogen-bond donors (Lipinski definition) is 0. The molecule has 0 spiro atoms. The summed E-state index contributed by atoms with van der Waals surface area (Å²) in [4.78, 5) is 27.4. The second kappa shape index (κ2) is 5.86. The zero-order valence-corrected chi connectivity index (χ0v) is 14.2. The van der Waals surface area contributed by atoms with Crippen molar-refractivity contribution in [2.45, 2.75) is 5.92 Å². The molecule has 0 amide bonds. The van der Waals surface area contributed by atoms with Crippen LogP contribution in [-0.4, -0.2) is 45.7 Å². The molecule has 1 aliphatic heterocycles. The quantitative estimate of drug-likeness (QED) is 0.676. The lowest BCUT2D eigenvalue weighted by Gasteiger charge is -2.17. The van der Waals surface area contributed by atoms with Crippen molar-refractivity contribution in [3.63, 3.8) is 0 Å². The molecule has 3 aromatic heterocycles. The molecular weight excluding hydrogens is 326 g/mol. The van der Waals surface area contributed by atoms with Gasteiger partial charge in [-0.3, -0.25) is 4.79 Å². The molecule has 0 N–H and O–H groups in total. The third-order valence-corrected chi connectivity index (χ3v) is 5.48. The van der Waals surface area contributed by atoms with Crippen LogP contribution in [0.15, 0.2) is 30.3 Å². The Bertz CT molecular complexity index is 889. The van der Waals surface area contributed by atoms with E-state index in [0.717, 1.165) is 21.7 Å². The number of rotatable bonds is 3. The van der Waals surface area contributed by atoms with Crippen LogP contribution in [0.25, 0.3) is 10.2 Å². The summed E-state index contributed by atoms with van der Waals surface area (Å²) in [7, 11) is 3.38. The fourth-order valence-corrected chi connectivity index (χ4v) is 4.25. The van der Waals surface area contributed by atoms with Crippen LogP contribution in [0.3, 0.4) is 0 Å². The summed E-state index contributed by atoms with van der Waals surface area (Å²) in [6.45, 7) is 1.27. The Morgan fingerprint density at radius 2 is 2.25 bits per heavy atom. The Balaban J connectivity index is 1.73. The van der Waals surface area contributed by atoms with Crippen molar-refractivity contribution in [2.75, 3.05) is 25.1 Å². The SMILES string of the molecule is COC(=O)[C@@H]1CN(c2ncnc3ccsc23)C[C@H]1c1cncn1C. The maximum Gasteiger partial charge on any atom is 0.311 e. The van der Waals surface area contributed by atoms with E-state index in [1.54, 1.807) is 24.0 Å². The van der Waals surface area contributed by atoms with Gasteiger partial charge in [0.05, 0.1) is 29.6 Å². The van der Waals surface area contributed by atoms with Gasteiger partial charge in [-0.2, -0.15) is 0 Å². The Hall–Kier alpha value is -2.48. The van der Waals surface area contributed by atoms with Gasteiger partial charge < -0.3 is 14.2 Å². The van der Waals surface area contributed by atoms with Crippen molar-refractivity contribution in [3.05, 3.63) is 36.0 Å². The molecule has 2 atom stereocenters. The van der Waals surface area contributed by atoms with Gasteiger partial charge in [-0.15, -0.1) is 11.3 Å². The summed E-state index contributed by atoms with van der Waals surface area (Å²) in [6.07, 6.45) is 5.16. The highest BCUT2D eigenvalue weighted by atomic mass is 32.1. The van der Waals surface area contributed by atoms with Gasteiger partial charge in [0.25, 0.3) is 0 Å². The van der Waals surface area contributed by atoms with Crippen LogP contribution >= 0.6 is 11.3 Å². The molecular formula is C16H17N5O2S. The number of aryl methyl sites for hydroxylation is 1. The summed E-state index contributed by atoms with van der Waals surface area (Å²) in [5, 5.41) is 2.01. The standard InChI is InChI=1S/C16H17N5O2S/c1-20-9-17-5-13(20)10-6-21(7-11(10)16(22)23-2)15-14-12(3-4-24-14)18-8-19-15/h3-5,8-11H,6-7H2,1-2H3/t10-,11-/m1/s1. The second-order valence-electron chi connectivity index (χ2n) is 5.90. The van der Waals surface area contributed by atoms with Gasteiger partial charge in [0.1, 0.15) is 12.1 Å². The lowest BCUT2D eigenvalue weighted by Crippen LogP contribution is -2.25. The van der Waals surface area contributed by atoms with Crippen molar-refractivity contribution in [2.24, 2.45) is 13.0 Å². The van der Waals surface area contributed by atoms with E-state index in [1.807, 2.05) is 29.3 Å². The number of imidazole rings is 1. The van der Waals surface area contributed by atoms with Gasteiger partial charge in [-0.1, -0.05) is 0 Å². The third-order valence-electron chi connectivity index (χ3n) is 4.58. The van der Waals surface area contributed by atoms with Crippen LogP contribution in [-0.2, 0) is 16.6 Å². The van der Waals surface area contributed by atoms with E-state index in [9.17, 15) is 4.79 Å². The average molecular weight is 343 g/mol. The van der Waals surface area contributed by atoms with E-state index in [2.05, 4.69) is 19.9 Å². The van der Waals surface area contributed by atoms with E-state index in [0.29, 0.717) is 13.1 Å². The molecule has 0 aliphatic carbocycles. The number of thiophene rings is 1. The maximum absolute atomic E-state index is 12.3. The largest absolute Gasteiger partial charge is 0.469 e. The average Bonchev–Trinajstić information content (AvgIpc) is 3.31. The number of ether oxygens (including phenoxy) is 1. The zero-order valence-electron chi connectivity index (χ0n) is 13.4. The van der Waals surface area contributed by atoms with Gasteiger partial charge in [-0.05, 0) is 11.4 Å². The number of nitrogens with zero attached hydrogens (tertiary/aromatic N) is 5. The minimum Gasteiger partial charge on any atom is -0.469 e. The highest BCUT2D eigenvalue weighted by Crippen LogP contribution is 2.38. The number of hydrogen-bond acceptors (Lipinski definition) is 7. The first-order chi connectivity index (χ1) is 11.7.